The highest BCUT2D eigenvalue weighted by Gasteiger charge is 2.53. The monoisotopic (exact) mass is 521 g/mol. The molecule has 2 saturated heterocycles. The Morgan fingerprint density at radius 2 is 1.97 bits per heavy atom. The largest absolute Gasteiger partial charge is 0.389 e. The summed E-state index contributed by atoms with van der Waals surface area (Å²) in [6.45, 7) is 8.35. The molecule has 1 amide bonds. The number of pyridine rings is 2. The minimum atomic E-state index is -0.470. The van der Waals surface area contributed by atoms with E-state index in [2.05, 4.69) is 45.0 Å². The van der Waals surface area contributed by atoms with E-state index in [-0.39, 0.29) is 29.2 Å². The van der Waals surface area contributed by atoms with Crippen LogP contribution in [0.25, 0.3) is 10.8 Å². The molecule has 2 N–H and O–H groups in total. The number of hydrogen-bond donors (Lipinski definition) is 2. The molecule has 3 fully saturated rings. The summed E-state index contributed by atoms with van der Waals surface area (Å²) in [4.78, 5) is 26.5. The number of fused-ring (bicyclic) bond motifs is 1. The number of halogens is 1. The summed E-state index contributed by atoms with van der Waals surface area (Å²) < 4.78 is 5.53. The van der Waals surface area contributed by atoms with Crippen LogP contribution in [0, 0.1) is 11.8 Å². The number of aliphatic hydroxyl groups excluding tert-OH is 1. The van der Waals surface area contributed by atoms with Crippen LogP contribution in [0.5, 0.6) is 0 Å². The highest BCUT2D eigenvalue weighted by Crippen LogP contribution is 2.53. The zero-order chi connectivity index (χ0) is 25.7. The third kappa shape index (κ3) is 4.46. The van der Waals surface area contributed by atoms with Gasteiger partial charge in [-0.25, -0.2) is 4.98 Å². The van der Waals surface area contributed by atoms with Gasteiger partial charge in [-0.2, -0.15) is 0 Å². The number of carbonyl (C=O) groups is 1. The molecule has 1 saturated carbocycles. The van der Waals surface area contributed by atoms with Crippen molar-refractivity contribution >= 4 is 39.8 Å². The van der Waals surface area contributed by atoms with Crippen molar-refractivity contribution < 1.29 is 14.6 Å². The van der Waals surface area contributed by atoms with Crippen LogP contribution in [-0.2, 0) is 9.53 Å². The van der Waals surface area contributed by atoms with Gasteiger partial charge in [0.05, 0.1) is 41.5 Å². The SMILES string of the molecule is C[C@@H]1[C@H](C(=O)Nc2cc3cc(N4CCN([C@@]5(C)COC[C@H]5O)CC4)c(Cl)cc3cn2)[C@H]1c1ccccn1. The summed E-state index contributed by atoms with van der Waals surface area (Å²) in [7, 11) is 0. The van der Waals surface area contributed by atoms with Crippen molar-refractivity contribution in [2.45, 2.75) is 31.4 Å². The van der Waals surface area contributed by atoms with Crippen molar-refractivity contribution in [2.75, 3.05) is 49.6 Å². The molecule has 8 nitrogen and oxygen atoms in total. The van der Waals surface area contributed by atoms with Crippen molar-refractivity contribution in [1.82, 2.24) is 14.9 Å². The van der Waals surface area contributed by atoms with E-state index in [9.17, 15) is 9.90 Å². The summed E-state index contributed by atoms with van der Waals surface area (Å²) in [5.74, 6) is 0.808. The van der Waals surface area contributed by atoms with Crippen molar-refractivity contribution in [1.29, 1.82) is 0 Å². The van der Waals surface area contributed by atoms with Crippen LogP contribution < -0.4 is 10.2 Å². The molecule has 37 heavy (non-hydrogen) atoms. The first-order chi connectivity index (χ1) is 17.8. The molecule has 3 aromatic rings. The van der Waals surface area contributed by atoms with Crippen molar-refractivity contribution in [3.05, 3.63) is 59.5 Å². The fourth-order valence-corrected chi connectivity index (χ4v) is 6.27. The lowest BCUT2D eigenvalue weighted by molar-refractivity contribution is -0.117. The number of nitrogens with one attached hydrogen (secondary N) is 1. The molecule has 3 aliphatic rings. The van der Waals surface area contributed by atoms with Gasteiger partial charge in [0.25, 0.3) is 0 Å². The number of aromatic nitrogens is 2. The Morgan fingerprint density at radius 1 is 1.16 bits per heavy atom. The number of piperazine rings is 1. The van der Waals surface area contributed by atoms with E-state index in [0.29, 0.717) is 24.1 Å². The number of anilines is 2. The molecule has 9 heteroatoms. The average molecular weight is 522 g/mol. The van der Waals surface area contributed by atoms with Crippen molar-refractivity contribution in [3.8, 4) is 0 Å². The Morgan fingerprint density at radius 3 is 2.68 bits per heavy atom. The molecule has 4 heterocycles. The first-order valence-electron chi connectivity index (χ1n) is 12.9. The van der Waals surface area contributed by atoms with Crippen LogP contribution in [-0.4, -0.2) is 76.9 Å². The van der Waals surface area contributed by atoms with Crippen molar-refractivity contribution in [2.24, 2.45) is 11.8 Å². The molecular formula is C28H32ClN5O3. The van der Waals surface area contributed by atoms with Crippen molar-refractivity contribution in [3.63, 3.8) is 0 Å². The van der Waals surface area contributed by atoms with Gasteiger partial charge in [-0.1, -0.05) is 24.6 Å². The predicted molar refractivity (Wildman–Crippen MR) is 144 cm³/mol. The summed E-state index contributed by atoms with van der Waals surface area (Å²) in [5, 5.41) is 16.0. The van der Waals surface area contributed by atoms with Crippen LogP contribution in [0.1, 0.15) is 25.5 Å². The Bertz CT molecular complexity index is 1320. The lowest BCUT2D eigenvalue weighted by Gasteiger charge is -2.45. The zero-order valence-electron chi connectivity index (χ0n) is 21.1. The Labute approximate surface area is 221 Å². The van der Waals surface area contributed by atoms with Crippen LogP contribution in [0.4, 0.5) is 11.5 Å². The van der Waals surface area contributed by atoms with Crippen LogP contribution in [0.15, 0.2) is 48.8 Å². The number of rotatable bonds is 5. The second-order valence-electron chi connectivity index (χ2n) is 10.7. The van der Waals surface area contributed by atoms with E-state index in [0.717, 1.165) is 48.3 Å². The second-order valence-corrected chi connectivity index (χ2v) is 11.1. The lowest BCUT2D eigenvalue weighted by atomic mass is 9.95. The first kappa shape index (κ1) is 24.6. The quantitative estimate of drug-likeness (QED) is 0.530. The highest BCUT2D eigenvalue weighted by atomic mass is 35.5. The molecule has 0 spiro atoms. The summed E-state index contributed by atoms with van der Waals surface area (Å²) in [6, 6.07) is 11.8. The van der Waals surface area contributed by atoms with E-state index >= 15 is 0 Å². The van der Waals surface area contributed by atoms with Gasteiger partial charge in [0.1, 0.15) is 5.82 Å². The number of hydrogen-bond acceptors (Lipinski definition) is 7. The minimum Gasteiger partial charge on any atom is -0.389 e. The number of amides is 1. The first-order valence-corrected chi connectivity index (χ1v) is 13.3. The molecule has 2 aromatic heterocycles. The molecular weight excluding hydrogens is 490 g/mol. The van der Waals surface area contributed by atoms with Crippen LogP contribution in [0.3, 0.4) is 0 Å². The molecule has 2 aliphatic heterocycles. The van der Waals surface area contributed by atoms with E-state index in [1.807, 2.05) is 30.3 Å². The highest BCUT2D eigenvalue weighted by molar-refractivity contribution is 6.34. The summed E-state index contributed by atoms with van der Waals surface area (Å²) in [5.41, 5.74) is 1.59. The van der Waals surface area contributed by atoms with Gasteiger partial charge in [-0.15, -0.1) is 0 Å². The van der Waals surface area contributed by atoms with Gasteiger partial charge in [-0.3, -0.25) is 14.7 Å². The fourth-order valence-electron chi connectivity index (χ4n) is 5.98. The van der Waals surface area contributed by atoms with Gasteiger partial charge in [0.2, 0.25) is 5.91 Å². The molecule has 0 bridgehead atoms. The van der Waals surface area contributed by atoms with E-state index in [1.54, 1.807) is 12.4 Å². The summed E-state index contributed by atoms with van der Waals surface area (Å²) in [6.07, 6.45) is 3.06. The number of aliphatic hydroxyl groups is 1. The normalized spacial score (nSPS) is 30.0. The third-order valence-corrected chi connectivity index (χ3v) is 8.78. The molecule has 1 aromatic carbocycles. The Kier molecular flexibility index (Phi) is 6.31. The Hall–Kier alpha value is -2.78. The van der Waals surface area contributed by atoms with Gasteiger partial charge >= 0.3 is 0 Å². The predicted octanol–water partition coefficient (Wildman–Crippen LogP) is 3.54. The van der Waals surface area contributed by atoms with Gasteiger partial charge < -0.3 is 20.1 Å². The number of carbonyl (C=O) groups excluding carboxylic acids is 1. The number of nitrogens with zero attached hydrogens (tertiary/aromatic N) is 4. The number of benzene rings is 1. The van der Waals surface area contributed by atoms with Gasteiger partial charge in [0, 0.05) is 55.6 Å². The molecule has 1 aliphatic carbocycles. The second kappa shape index (κ2) is 9.51. The molecule has 0 unspecified atom stereocenters. The third-order valence-electron chi connectivity index (χ3n) is 8.48. The average Bonchev–Trinajstić information content (AvgIpc) is 3.47. The van der Waals surface area contributed by atoms with E-state index in [4.69, 9.17) is 16.3 Å². The van der Waals surface area contributed by atoms with Gasteiger partial charge in [-0.05, 0) is 48.6 Å². The maximum Gasteiger partial charge on any atom is 0.229 e. The standard InChI is InChI=1S/C28H32ClN5O3/c1-17-25(21-5-3-4-6-30-21)26(17)27(36)32-24-13-18-12-22(20(29)11-19(18)14-31-24)33-7-9-34(10-8-33)28(2)16-37-15-23(28)35/h3-6,11-14,17,23,25-26,35H,7-10,15-16H2,1-2H3,(H,31,32,36)/t17-,23+,25+,26-,28-/m0/s1. The molecule has 6 rings (SSSR count). The fraction of sp³-hybridized carbons (Fsp3) is 0.464. The number of ether oxygens (including phenoxy) is 1. The maximum atomic E-state index is 13.0. The van der Waals surface area contributed by atoms with E-state index in [1.165, 1.54) is 0 Å². The Balaban J connectivity index is 1.16. The van der Waals surface area contributed by atoms with Gasteiger partial charge in [0.15, 0.2) is 0 Å². The molecule has 194 valence electrons. The maximum absolute atomic E-state index is 13.0. The smallest absolute Gasteiger partial charge is 0.229 e. The molecule has 5 atom stereocenters. The van der Waals surface area contributed by atoms with Crippen LogP contribution in [0.2, 0.25) is 5.02 Å². The minimum absolute atomic E-state index is 0.0214. The topological polar surface area (TPSA) is 90.8 Å². The lowest BCUT2D eigenvalue weighted by Crippen LogP contribution is -2.60. The summed E-state index contributed by atoms with van der Waals surface area (Å²) >= 11 is 6.70. The van der Waals surface area contributed by atoms with E-state index < -0.39 is 6.10 Å². The van der Waals surface area contributed by atoms with Crippen LogP contribution >= 0.6 is 11.6 Å². The zero-order valence-corrected chi connectivity index (χ0v) is 21.9. The molecule has 0 radical (unpaired) electrons.